The average molecular weight is 340 g/mol. The van der Waals surface area contributed by atoms with E-state index in [-0.39, 0.29) is 17.6 Å². The van der Waals surface area contributed by atoms with E-state index in [1.54, 1.807) is 18.2 Å². The Balaban J connectivity index is 2.14. The largest absolute Gasteiger partial charge is 0.330 e. The summed E-state index contributed by atoms with van der Waals surface area (Å²) in [7, 11) is 0. The molecule has 2 aromatic rings. The lowest BCUT2D eigenvalue weighted by Crippen LogP contribution is -2.20. The molecule has 0 aromatic heterocycles. The number of rotatable bonds is 5. The van der Waals surface area contributed by atoms with E-state index >= 15 is 0 Å². The second kappa shape index (κ2) is 6.95. The molecule has 0 amide bonds. The Hall–Kier alpha value is -1.26. The van der Waals surface area contributed by atoms with Gasteiger partial charge in [-0.25, -0.2) is 8.78 Å². The number of benzene rings is 2. The molecule has 0 heterocycles. The summed E-state index contributed by atoms with van der Waals surface area (Å²) >= 11 is 3.25. The van der Waals surface area contributed by atoms with Gasteiger partial charge in [-0.1, -0.05) is 30.3 Å². The fourth-order valence-electron chi connectivity index (χ4n) is 2.23. The van der Waals surface area contributed by atoms with Crippen LogP contribution in [0.3, 0.4) is 0 Å². The van der Waals surface area contributed by atoms with Crippen LogP contribution in [-0.4, -0.2) is 6.54 Å². The molecular formula is C16H16BrF2N. The molecule has 2 aromatic carbocycles. The molecule has 0 saturated carbocycles. The van der Waals surface area contributed by atoms with Crippen LogP contribution in [0, 0.1) is 17.6 Å². The maximum atomic E-state index is 13.7. The summed E-state index contributed by atoms with van der Waals surface area (Å²) < 4.78 is 27.6. The van der Waals surface area contributed by atoms with E-state index in [4.69, 9.17) is 5.73 Å². The Morgan fingerprint density at radius 3 is 2.20 bits per heavy atom. The van der Waals surface area contributed by atoms with Crippen molar-refractivity contribution in [2.45, 2.75) is 12.8 Å². The molecular weight excluding hydrogens is 324 g/mol. The van der Waals surface area contributed by atoms with E-state index in [2.05, 4.69) is 15.9 Å². The smallest absolute Gasteiger partial charge is 0.137 e. The van der Waals surface area contributed by atoms with Gasteiger partial charge in [-0.3, -0.25) is 0 Å². The molecule has 2 rings (SSSR count). The molecule has 0 aliphatic heterocycles. The van der Waals surface area contributed by atoms with E-state index in [0.29, 0.717) is 29.4 Å². The quantitative estimate of drug-likeness (QED) is 0.872. The fourth-order valence-corrected chi connectivity index (χ4v) is 2.66. The Morgan fingerprint density at radius 2 is 1.50 bits per heavy atom. The Morgan fingerprint density at radius 1 is 0.900 bits per heavy atom. The van der Waals surface area contributed by atoms with Gasteiger partial charge in [0.05, 0.1) is 4.47 Å². The highest BCUT2D eigenvalue weighted by molar-refractivity contribution is 9.10. The zero-order valence-electron chi connectivity index (χ0n) is 11.0. The first-order valence-electron chi connectivity index (χ1n) is 6.48. The molecule has 0 bridgehead atoms. The van der Waals surface area contributed by atoms with Crippen LogP contribution in [0.15, 0.2) is 46.9 Å². The van der Waals surface area contributed by atoms with Crippen molar-refractivity contribution in [3.63, 3.8) is 0 Å². The zero-order valence-corrected chi connectivity index (χ0v) is 12.5. The molecule has 4 heteroatoms. The Labute approximate surface area is 125 Å². The summed E-state index contributed by atoms with van der Waals surface area (Å²) in [6.45, 7) is 0.428. The number of halogens is 3. The van der Waals surface area contributed by atoms with Gasteiger partial charge in [-0.15, -0.1) is 0 Å². The van der Waals surface area contributed by atoms with E-state index in [1.165, 1.54) is 12.1 Å². The van der Waals surface area contributed by atoms with Gasteiger partial charge >= 0.3 is 0 Å². The van der Waals surface area contributed by atoms with Gasteiger partial charge in [0.1, 0.15) is 11.6 Å². The lowest BCUT2D eigenvalue weighted by molar-refractivity contribution is 0.508. The summed E-state index contributed by atoms with van der Waals surface area (Å²) in [6.07, 6.45) is 1.16. The van der Waals surface area contributed by atoms with Gasteiger partial charge in [0.15, 0.2) is 0 Å². The molecule has 1 nitrogen and oxygen atoms in total. The van der Waals surface area contributed by atoms with Crippen LogP contribution in [0.5, 0.6) is 0 Å². The third kappa shape index (κ3) is 3.64. The maximum absolute atomic E-state index is 13.7. The highest BCUT2D eigenvalue weighted by Gasteiger charge is 2.14. The van der Waals surface area contributed by atoms with Crippen molar-refractivity contribution in [1.82, 2.24) is 0 Å². The molecule has 106 valence electrons. The van der Waals surface area contributed by atoms with Crippen molar-refractivity contribution < 1.29 is 8.78 Å². The zero-order chi connectivity index (χ0) is 14.5. The SMILES string of the molecule is NCC(Cc1ccccc1F)Cc1cccc(F)c1Br. The summed E-state index contributed by atoms with van der Waals surface area (Å²) in [4.78, 5) is 0. The minimum atomic E-state index is -0.288. The van der Waals surface area contributed by atoms with Gasteiger partial charge in [-0.2, -0.15) is 0 Å². The molecule has 2 N–H and O–H groups in total. The second-order valence-electron chi connectivity index (χ2n) is 4.81. The van der Waals surface area contributed by atoms with E-state index in [0.717, 1.165) is 5.56 Å². The first kappa shape index (κ1) is 15.1. The number of hydrogen-bond donors (Lipinski definition) is 1. The van der Waals surface area contributed by atoms with E-state index < -0.39 is 0 Å². The van der Waals surface area contributed by atoms with Crippen LogP contribution in [0.25, 0.3) is 0 Å². The van der Waals surface area contributed by atoms with Crippen molar-refractivity contribution >= 4 is 15.9 Å². The van der Waals surface area contributed by atoms with Crippen LogP contribution in [0.4, 0.5) is 8.78 Å². The lowest BCUT2D eigenvalue weighted by Gasteiger charge is -2.16. The van der Waals surface area contributed by atoms with Crippen molar-refractivity contribution in [3.05, 3.63) is 69.7 Å². The molecule has 0 fully saturated rings. The van der Waals surface area contributed by atoms with Gasteiger partial charge in [0.25, 0.3) is 0 Å². The van der Waals surface area contributed by atoms with Crippen LogP contribution >= 0.6 is 15.9 Å². The van der Waals surface area contributed by atoms with Crippen molar-refractivity contribution in [2.24, 2.45) is 11.7 Å². The molecule has 0 saturated heterocycles. The highest BCUT2D eigenvalue weighted by atomic mass is 79.9. The highest BCUT2D eigenvalue weighted by Crippen LogP contribution is 2.24. The first-order chi connectivity index (χ1) is 9.61. The van der Waals surface area contributed by atoms with Crippen LogP contribution < -0.4 is 5.73 Å². The van der Waals surface area contributed by atoms with E-state index in [9.17, 15) is 8.78 Å². The predicted molar refractivity (Wildman–Crippen MR) is 80.5 cm³/mol. The average Bonchev–Trinajstić information content (AvgIpc) is 2.45. The van der Waals surface area contributed by atoms with Gasteiger partial charge in [-0.05, 0) is 64.5 Å². The summed E-state index contributed by atoms with van der Waals surface area (Å²) in [6, 6.07) is 11.6. The van der Waals surface area contributed by atoms with Crippen molar-refractivity contribution in [3.8, 4) is 0 Å². The van der Waals surface area contributed by atoms with Gasteiger partial charge in [0, 0.05) is 0 Å². The maximum Gasteiger partial charge on any atom is 0.137 e. The van der Waals surface area contributed by atoms with Crippen molar-refractivity contribution in [2.75, 3.05) is 6.54 Å². The van der Waals surface area contributed by atoms with Crippen LogP contribution in [0.1, 0.15) is 11.1 Å². The third-order valence-corrected chi connectivity index (χ3v) is 4.23. The lowest BCUT2D eigenvalue weighted by atomic mass is 9.92. The molecule has 0 spiro atoms. The topological polar surface area (TPSA) is 26.0 Å². The minimum absolute atomic E-state index is 0.0741. The molecule has 0 aliphatic rings. The van der Waals surface area contributed by atoms with Gasteiger partial charge < -0.3 is 5.73 Å². The minimum Gasteiger partial charge on any atom is -0.330 e. The molecule has 20 heavy (non-hydrogen) atoms. The Kier molecular flexibility index (Phi) is 5.26. The van der Waals surface area contributed by atoms with E-state index in [1.807, 2.05) is 12.1 Å². The monoisotopic (exact) mass is 339 g/mol. The molecule has 1 atom stereocenters. The standard InChI is InChI=1S/C16H16BrF2N/c17-16-13(5-3-7-15(16)19)9-11(10-20)8-12-4-1-2-6-14(12)18/h1-7,11H,8-10,20H2. The van der Waals surface area contributed by atoms with Gasteiger partial charge in [0.2, 0.25) is 0 Å². The molecule has 1 unspecified atom stereocenters. The Bertz CT molecular complexity index is 586. The fraction of sp³-hybridized carbons (Fsp3) is 0.250. The first-order valence-corrected chi connectivity index (χ1v) is 7.27. The molecule has 0 radical (unpaired) electrons. The molecule has 0 aliphatic carbocycles. The number of hydrogen-bond acceptors (Lipinski definition) is 1. The number of nitrogens with two attached hydrogens (primary N) is 1. The summed E-state index contributed by atoms with van der Waals surface area (Å²) in [5.74, 6) is -0.432. The predicted octanol–water partition coefficient (Wildman–Crippen LogP) is 4.09. The summed E-state index contributed by atoms with van der Waals surface area (Å²) in [5.41, 5.74) is 7.28. The summed E-state index contributed by atoms with van der Waals surface area (Å²) in [5, 5.41) is 0. The third-order valence-electron chi connectivity index (χ3n) is 3.34. The van der Waals surface area contributed by atoms with Crippen LogP contribution in [-0.2, 0) is 12.8 Å². The second-order valence-corrected chi connectivity index (χ2v) is 5.61. The van der Waals surface area contributed by atoms with Crippen LogP contribution in [0.2, 0.25) is 0 Å². The normalized spacial score (nSPS) is 12.4. The van der Waals surface area contributed by atoms with Crippen molar-refractivity contribution in [1.29, 1.82) is 0 Å².